The standard InChI is InChI=1S/C24H16Cl2N2O5S/c25-18-7-6-15(10-19(18)26)13-27-23(30)21(34-24(27)31)12-17-9-16(8-14-4-2-1-3-5-14)11-20(22(17)29)28(32)33/h1-7,9-12,29H,8,13H2/b21-12-. The molecule has 34 heavy (non-hydrogen) atoms. The fourth-order valence-electron chi connectivity index (χ4n) is 3.48. The maximum absolute atomic E-state index is 12.9. The average Bonchev–Trinajstić information content (AvgIpc) is 3.06. The van der Waals surface area contributed by atoms with Crippen LogP contribution in [0.2, 0.25) is 10.0 Å². The van der Waals surface area contributed by atoms with E-state index in [-0.39, 0.29) is 17.0 Å². The Hall–Kier alpha value is -3.33. The van der Waals surface area contributed by atoms with E-state index in [0.29, 0.717) is 39.4 Å². The molecule has 0 bridgehead atoms. The number of halogens is 2. The number of nitrogens with zero attached hydrogens (tertiary/aromatic N) is 2. The fourth-order valence-corrected chi connectivity index (χ4v) is 4.63. The number of aromatic hydroxyl groups is 1. The van der Waals surface area contributed by atoms with Crippen molar-refractivity contribution in [1.82, 2.24) is 4.90 Å². The molecule has 1 N–H and O–H groups in total. The maximum atomic E-state index is 12.9. The number of carbonyl (C=O) groups is 2. The maximum Gasteiger partial charge on any atom is 0.311 e. The van der Waals surface area contributed by atoms with E-state index in [2.05, 4.69) is 0 Å². The van der Waals surface area contributed by atoms with E-state index in [9.17, 15) is 24.8 Å². The van der Waals surface area contributed by atoms with Gasteiger partial charge in [-0.15, -0.1) is 0 Å². The minimum Gasteiger partial charge on any atom is -0.502 e. The van der Waals surface area contributed by atoms with Crippen molar-refractivity contribution in [3.8, 4) is 5.75 Å². The van der Waals surface area contributed by atoms with Crippen LogP contribution >= 0.6 is 35.0 Å². The summed E-state index contributed by atoms with van der Waals surface area (Å²) in [4.78, 5) is 37.3. The third-order valence-corrected chi connectivity index (χ3v) is 6.76. The normalized spacial score (nSPS) is 14.8. The van der Waals surface area contributed by atoms with Crippen LogP contribution < -0.4 is 0 Å². The van der Waals surface area contributed by atoms with Crippen LogP contribution in [0.1, 0.15) is 22.3 Å². The summed E-state index contributed by atoms with van der Waals surface area (Å²) in [5, 5.41) is 22.1. The molecule has 0 radical (unpaired) electrons. The van der Waals surface area contributed by atoms with Gasteiger partial charge in [-0.25, -0.2) is 0 Å². The molecule has 0 saturated carbocycles. The lowest BCUT2D eigenvalue weighted by Crippen LogP contribution is -2.27. The van der Waals surface area contributed by atoms with Gasteiger partial charge >= 0.3 is 5.69 Å². The predicted molar refractivity (Wildman–Crippen MR) is 132 cm³/mol. The van der Waals surface area contributed by atoms with Crippen molar-refractivity contribution in [2.75, 3.05) is 0 Å². The van der Waals surface area contributed by atoms with Crippen LogP contribution in [0, 0.1) is 10.1 Å². The lowest BCUT2D eigenvalue weighted by molar-refractivity contribution is -0.385. The third-order valence-electron chi connectivity index (χ3n) is 5.11. The van der Waals surface area contributed by atoms with Gasteiger partial charge in [0, 0.05) is 11.6 Å². The molecule has 0 unspecified atom stereocenters. The number of hydrogen-bond donors (Lipinski definition) is 1. The number of thioether (sulfide) groups is 1. The zero-order chi connectivity index (χ0) is 24.4. The van der Waals surface area contributed by atoms with E-state index in [4.69, 9.17) is 23.2 Å². The number of carbonyl (C=O) groups excluding carboxylic acids is 2. The summed E-state index contributed by atoms with van der Waals surface area (Å²) in [5.74, 6) is -1.14. The van der Waals surface area contributed by atoms with Crippen LogP contribution in [0.25, 0.3) is 6.08 Å². The summed E-state index contributed by atoms with van der Waals surface area (Å²) in [6, 6.07) is 17.0. The van der Waals surface area contributed by atoms with E-state index in [1.54, 1.807) is 24.3 Å². The highest BCUT2D eigenvalue weighted by Crippen LogP contribution is 2.38. The minimum absolute atomic E-state index is 0.0148. The van der Waals surface area contributed by atoms with Gasteiger partial charge in [0.15, 0.2) is 0 Å². The van der Waals surface area contributed by atoms with E-state index >= 15 is 0 Å². The Labute approximate surface area is 208 Å². The molecule has 0 atom stereocenters. The van der Waals surface area contributed by atoms with Gasteiger partial charge in [0.2, 0.25) is 5.75 Å². The summed E-state index contributed by atoms with van der Waals surface area (Å²) >= 11 is 12.6. The first kappa shape index (κ1) is 23.8. The smallest absolute Gasteiger partial charge is 0.311 e. The summed E-state index contributed by atoms with van der Waals surface area (Å²) in [7, 11) is 0. The molecule has 0 aliphatic carbocycles. The zero-order valence-corrected chi connectivity index (χ0v) is 19.7. The third kappa shape index (κ3) is 5.09. The number of amides is 2. The van der Waals surface area contributed by atoms with E-state index in [1.165, 1.54) is 12.1 Å². The topological polar surface area (TPSA) is 101 Å². The fraction of sp³-hybridized carbons (Fsp3) is 0.0833. The van der Waals surface area contributed by atoms with Crippen LogP contribution in [0.5, 0.6) is 5.75 Å². The van der Waals surface area contributed by atoms with E-state index in [1.807, 2.05) is 30.3 Å². The molecule has 7 nitrogen and oxygen atoms in total. The minimum atomic E-state index is -0.683. The molecule has 3 aromatic rings. The van der Waals surface area contributed by atoms with Gasteiger partial charge in [0.25, 0.3) is 11.1 Å². The van der Waals surface area contributed by atoms with Crippen molar-refractivity contribution in [3.05, 3.63) is 108 Å². The first-order valence-electron chi connectivity index (χ1n) is 9.96. The first-order valence-corrected chi connectivity index (χ1v) is 11.5. The molecule has 1 aliphatic rings. The molecular weight excluding hydrogens is 499 g/mol. The van der Waals surface area contributed by atoms with Crippen molar-refractivity contribution < 1.29 is 19.6 Å². The lowest BCUT2D eigenvalue weighted by Gasteiger charge is -2.13. The monoisotopic (exact) mass is 514 g/mol. The second-order valence-electron chi connectivity index (χ2n) is 7.49. The summed E-state index contributed by atoms with van der Waals surface area (Å²) in [6.07, 6.45) is 1.69. The number of nitro groups is 1. The van der Waals surface area contributed by atoms with Gasteiger partial charge in [-0.1, -0.05) is 59.6 Å². The van der Waals surface area contributed by atoms with E-state index in [0.717, 1.165) is 10.5 Å². The molecule has 1 aliphatic heterocycles. The number of rotatable bonds is 6. The van der Waals surface area contributed by atoms with Crippen molar-refractivity contribution >= 4 is 57.9 Å². The van der Waals surface area contributed by atoms with Crippen LogP contribution in [0.15, 0.2) is 65.6 Å². The Kier molecular flexibility index (Phi) is 6.92. The van der Waals surface area contributed by atoms with Crippen LogP contribution in [0.4, 0.5) is 10.5 Å². The largest absolute Gasteiger partial charge is 0.502 e. The Bertz CT molecular complexity index is 1340. The average molecular weight is 515 g/mol. The summed E-state index contributed by atoms with van der Waals surface area (Å²) in [5.41, 5.74) is 1.73. The predicted octanol–water partition coefficient (Wildman–Crippen LogP) is 6.43. The molecule has 10 heteroatoms. The Balaban J connectivity index is 1.65. The van der Waals surface area contributed by atoms with Crippen LogP contribution in [0.3, 0.4) is 0 Å². The van der Waals surface area contributed by atoms with Crippen LogP contribution in [-0.2, 0) is 17.8 Å². The zero-order valence-electron chi connectivity index (χ0n) is 17.4. The van der Waals surface area contributed by atoms with Crippen LogP contribution in [-0.4, -0.2) is 26.1 Å². The molecule has 2 amide bonds. The lowest BCUT2D eigenvalue weighted by atomic mass is 10.0. The van der Waals surface area contributed by atoms with Gasteiger partial charge in [-0.2, -0.15) is 0 Å². The molecule has 1 fully saturated rings. The number of benzene rings is 3. The number of hydrogen-bond acceptors (Lipinski definition) is 6. The molecule has 1 heterocycles. The molecule has 1 saturated heterocycles. The second kappa shape index (κ2) is 9.89. The van der Waals surface area contributed by atoms with Crippen molar-refractivity contribution in [3.63, 3.8) is 0 Å². The van der Waals surface area contributed by atoms with Gasteiger partial charge in [-0.3, -0.25) is 24.6 Å². The highest BCUT2D eigenvalue weighted by molar-refractivity contribution is 8.18. The van der Waals surface area contributed by atoms with Gasteiger partial charge in [0.05, 0.1) is 26.4 Å². The molecule has 4 rings (SSSR count). The van der Waals surface area contributed by atoms with E-state index < -0.39 is 27.5 Å². The Morgan fingerprint density at radius 3 is 2.38 bits per heavy atom. The highest BCUT2D eigenvalue weighted by atomic mass is 35.5. The number of phenols is 1. The van der Waals surface area contributed by atoms with Crippen molar-refractivity contribution in [2.24, 2.45) is 0 Å². The first-order chi connectivity index (χ1) is 16.2. The molecule has 0 aromatic heterocycles. The Morgan fingerprint density at radius 1 is 0.971 bits per heavy atom. The second-order valence-corrected chi connectivity index (χ2v) is 9.30. The molecule has 3 aromatic carbocycles. The number of phenolic OH excluding ortho intramolecular Hbond substituents is 1. The molecule has 0 spiro atoms. The summed E-state index contributed by atoms with van der Waals surface area (Å²) in [6.45, 7) is -0.0148. The van der Waals surface area contributed by atoms with Gasteiger partial charge in [-0.05, 0) is 59.1 Å². The molecular formula is C24H16Cl2N2O5S. The molecule has 172 valence electrons. The number of nitro benzene ring substituents is 1. The summed E-state index contributed by atoms with van der Waals surface area (Å²) < 4.78 is 0. The van der Waals surface area contributed by atoms with Crippen molar-refractivity contribution in [2.45, 2.75) is 13.0 Å². The SMILES string of the molecule is O=C1S/C(=C\c2cc(Cc3ccccc3)cc([N+](=O)[O-])c2O)C(=O)N1Cc1ccc(Cl)c(Cl)c1. The number of imide groups is 1. The highest BCUT2D eigenvalue weighted by Gasteiger charge is 2.35. The van der Waals surface area contributed by atoms with Crippen molar-refractivity contribution in [1.29, 1.82) is 0 Å². The quantitative estimate of drug-likeness (QED) is 0.231. The van der Waals surface area contributed by atoms with Gasteiger partial charge < -0.3 is 5.11 Å². The van der Waals surface area contributed by atoms with Gasteiger partial charge in [0.1, 0.15) is 0 Å². The Morgan fingerprint density at radius 2 is 1.71 bits per heavy atom.